The first-order valence-corrected chi connectivity index (χ1v) is 11.2. The molecule has 0 aliphatic rings. The van der Waals surface area contributed by atoms with E-state index < -0.39 is 17.1 Å². The molecule has 0 fully saturated rings. The van der Waals surface area contributed by atoms with Crippen molar-refractivity contribution in [2.45, 2.75) is 26.2 Å². The zero-order chi connectivity index (χ0) is 24.1. The fraction of sp³-hybridized carbons (Fsp3) is 0.179. The van der Waals surface area contributed by atoms with Crippen LogP contribution in [0.3, 0.4) is 0 Å². The van der Waals surface area contributed by atoms with Crippen LogP contribution in [0, 0.1) is 6.92 Å². The van der Waals surface area contributed by atoms with Crippen molar-refractivity contribution in [1.29, 1.82) is 0 Å². The second-order valence-corrected chi connectivity index (χ2v) is 8.21. The molecule has 172 valence electrons. The number of aryl methyl sites for hydroxylation is 1. The molecule has 2 N–H and O–H groups in total. The molecule has 0 atom stereocenters. The third-order valence-electron chi connectivity index (χ3n) is 5.97. The van der Waals surface area contributed by atoms with Crippen LogP contribution >= 0.6 is 0 Å². The quantitative estimate of drug-likeness (QED) is 0.402. The highest BCUT2D eigenvalue weighted by Crippen LogP contribution is 2.28. The fourth-order valence-corrected chi connectivity index (χ4v) is 4.23. The Kier molecular flexibility index (Phi) is 6.87. The molecular formula is C28H27N3O3. The van der Waals surface area contributed by atoms with E-state index in [0.717, 1.165) is 16.6 Å². The van der Waals surface area contributed by atoms with Gasteiger partial charge in [-0.2, -0.15) is 0 Å². The number of nitrogens with one attached hydrogen (secondary N) is 1. The summed E-state index contributed by atoms with van der Waals surface area (Å²) in [5.41, 5.74) is 2.70. The standard InChI is InChI=1S/C28H27N3O3/c1-19-11-9-10-16-24(19)31-27(33)25(26(32)30-28(31)34)20(2)29-18-17-23(21-12-5-3-6-13-21)22-14-7-4-8-15-22/h3-16,23,33H,17-18H2,1-2H3,(H,30,32,34). The number of aromatic amines is 1. The number of aromatic nitrogens is 2. The molecule has 1 heterocycles. The first kappa shape index (κ1) is 23.0. The minimum absolute atomic E-state index is 0.00109. The second kappa shape index (κ2) is 10.2. The van der Waals surface area contributed by atoms with E-state index in [4.69, 9.17) is 0 Å². The van der Waals surface area contributed by atoms with Gasteiger partial charge < -0.3 is 5.11 Å². The molecule has 0 radical (unpaired) electrons. The summed E-state index contributed by atoms with van der Waals surface area (Å²) in [6, 6.07) is 27.6. The van der Waals surface area contributed by atoms with Crippen LogP contribution in [0.1, 0.15) is 41.5 Å². The van der Waals surface area contributed by atoms with Crippen LogP contribution in [0.15, 0.2) is 99.5 Å². The average molecular weight is 454 g/mol. The SMILES string of the molecule is CC(=NCCC(c1ccccc1)c1ccccc1)c1c(O)n(-c2ccccc2C)c(=O)[nH]c1=O. The first-order chi connectivity index (χ1) is 16.5. The Labute approximate surface area is 197 Å². The summed E-state index contributed by atoms with van der Waals surface area (Å²) in [6.07, 6.45) is 0.724. The Morgan fingerprint density at radius 1 is 0.912 bits per heavy atom. The number of aromatic hydroxyl groups is 1. The van der Waals surface area contributed by atoms with Gasteiger partial charge in [-0.25, -0.2) is 9.36 Å². The number of H-pyrrole nitrogens is 1. The van der Waals surface area contributed by atoms with Crippen LogP contribution in [0.5, 0.6) is 5.88 Å². The molecule has 6 heteroatoms. The maximum atomic E-state index is 12.6. The summed E-state index contributed by atoms with van der Waals surface area (Å²) in [5.74, 6) is -0.265. The highest BCUT2D eigenvalue weighted by atomic mass is 16.3. The fourth-order valence-electron chi connectivity index (χ4n) is 4.23. The molecule has 0 aliphatic heterocycles. The lowest BCUT2D eigenvalue weighted by molar-refractivity contribution is 0.429. The zero-order valence-electron chi connectivity index (χ0n) is 19.2. The van der Waals surface area contributed by atoms with Crippen LogP contribution in [0.25, 0.3) is 5.69 Å². The lowest BCUT2D eigenvalue weighted by atomic mass is 9.88. The molecule has 0 aliphatic carbocycles. The Hall–Kier alpha value is -4.19. The summed E-state index contributed by atoms with van der Waals surface area (Å²) < 4.78 is 1.11. The van der Waals surface area contributed by atoms with E-state index in [0.29, 0.717) is 17.9 Å². The minimum Gasteiger partial charge on any atom is -0.493 e. The van der Waals surface area contributed by atoms with Crippen molar-refractivity contribution in [2.24, 2.45) is 4.99 Å². The number of rotatable bonds is 7. The monoisotopic (exact) mass is 453 g/mol. The van der Waals surface area contributed by atoms with E-state index in [1.807, 2.05) is 55.5 Å². The molecule has 0 saturated carbocycles. The number of para-hydroxylation sites is 1. The van der Waals surface area contributed by atoms with E-state index in [1.54, 1.807) is 19.1 Å². The number of hydrogen-bond donors (Lipinski definition) is 2. The Bertz CT molecular complexity index is 1380. The van der Waals surface area contributed by atoms with E-state index in [2.05, 4.69) is 34.2 Å². The van der Waals surface area contributed by atoms with Gasteiger partial charge in [0, 0.05) is 18.2 Å². The van der Waals surface area contributed by atoms with Gasteiger partial charge in [0.1, 0.15) is 5.56 Å². The predicted octanol–water partition coefficient (Wildman–Crippen LogP) is 4.57. The van der Waals surface area contributed by atoms with Crippen molar-refractivity contribution in [2.75, 3.05) is 6.54 Å². The Morgan fingerprint density at radius 2 is 1.47 bits per heavy atom. The molecule has 0 unspecified atom stereocenters. The molecule has 0 bridgehead atoms. The lowest BCUT2D eigenvalue weighted by Gasteiger charge is -2.17. The van der Waals surface area contributed by atoms with Gasteiger partial charge >= 0.3 is 5.69 Å². The molecule has 0 spiro atoms. The topological polar surface area (TPSA) is 87.4 Å². The summed E-state index contributed by atoms with van der Waals surface area (Å²) in [7, 11) is 0. The van der Waals surface area contributed by atoms with Gasteiger partial charge in [0.15, 0.2) is 0 Å². The van der Waals surface area contributed by atoms with Crippen molar-refractivity contribution >= 4 is 5.71 Å². The second-order valence-electron chi connectivity index (χ2n) is 8.21. The molecule has 0 saturated heterocycles. The van der Waals surface area contributed by atoms with E-state index in [-0.39, 0.29) is 11.5 Å². The molecule has 6 nitrogen and oxygen atoms in total. The lowest BCUT2D eigenvalue weighted by Crippen LogP contribution is -2.33. The molecule has 4 rings (SSSR count). The summed E-state index contributed by atoms with van der Waals surface area (Å²) in [5, 5.41) is 10.9. The third kappa shape index (κ3) is 4.76. The van der Waals surface area contributed by atoms with Crippen molar-refractivity contribution in [3.63, 3.8) is 0 Å². The summed E-state index contributed by atoms with van der Waals surface area (Å²) in [4.78, 5) is 32.0. The summed E-state index contributed by atoms with van der Waals surface area (Å²) >= 11 is 0. The predicted molar refractivity (Wildman–Crippen MR) is 135 cm³/mol. The number of aliphatic imine (C=N–C) groups is 1. The number of hydrogen-bond acceptors (Lipinski definition) is 4. The van der Waals surface area contributed by atoms with Crippen molar-refractivity contribution in [1.82, 2.24) is 9.55 Å². The van der Waals surface area contributed by atoms with Crippen LogP contribution in [0.2, 0.25) is 0 Å². The Balaban J connectivity index is 1.66. The molecule has 1 aromatic heterocycles. The Morgan fingerprint density at radius 3 is 2.06 bits per heavy atom. The number of benzene rings is 3. The summed E-state index contributed by atoms with van der Waals surface area (Å²) in [6.45, 7) is 3.96. The largest absolute Gasteiger partial charge is 0.493 e. The molecule has 0 amide bonds. The minimum atomic E-state index is -0.693. The van der Waals surface area contributed by atoms with Gasteiger partial charge in [-0.1, -0.05) is 78.9 Å². The van der Waals surface area contributed by atoms with Crippen LogP contribution in [0.4, 0.5) is 0 Å². The third-order valence-corrected chi connectivity index (χ3v) is 5.97. The van der Waals surface area contributed by atoms with Gasteiger partial charge in [0.05, 0.1) is 5.69 Å². The van der Waals surface area contributed by atoms with Crippen LogP contribution in [-0.4, -0.2) is 26.9 Å². The average Bonchev–Trinajstić information content (AvgIpc) is 2.84. The zero-order valence-corrected chi connectivity index (χ0v) is 19.2. The van der Waals surface area contributed by atoms with Crippen molar-refractivity contribution < 1.29 is 5.11 Å². The van der Waals surface area contributed by atoms with Gasteiger partial charge in [-0.05, 0) is 43.0 Å². The van der Waals surface area contributed by atoms with E-state index >= 15 is 0 Å². The maximum Gasteiger partial charge on any atom is 0.335 e. The van der Waals surface area contributed by atoms with E-state index in [9.17, 15) is 14.7 Å². The highest BCUT2D eigenvalue weighted by molar-refractivity contribution is 6.00. The van der Waals surface area contributed by atoms with Crippen molar-refractivity contribution in [3.8, 4) is 11.6 Å². The van der Waals surface area contributed by atoms with Gasteiger partial charge in [0.2, 0.25) is 5.88 Å². The van der Waals surface area contributed by atoms with Gasteiger partial charge in [-0.3, -0.25) is 14.8 Å². The van der Waals surface area contributed by atoms with Crippen molar-refractivity contribution in [3.05, 3.63) is 128 Å². The molecular weight excluding hydrogens is 426 g/mol. The number of nitrogens with zero attached hydrogens (tertiary/aromatic N) is 2. The molecule has 34 heavy (non-hydrogen) atoms. The van der Waals surface area contributed by atoms with Gasteiger partial charge in [0.25, 0.3) is 5.56 Å². The van der Waals surface area contributed by atoms with Gasteiger partial charge in [-0.15, -0.1) is 0 Å². The maximum absolute atomic E-state index is 12.6. The van der Waals surface area contributed by atoms with Crippen LogP contribution < -0.4 is 11.2 Å². The first-order valence-electron chi connectivity index (χ1n) is 11.2. The molecule has 3 aromatic carbocycles. The normalized spacial score (nSPS) is 11.7. The molecule has 4 aromatic rings. The smallest absolute Gasteiger partial charge is 0.335 e. The highest BCUT2D eigenvalue weighted by Gasteiger charge is 2.19. The van der Waals surface area contributed by atoms with Crippen LogP contribution in [-0.2, 0) is 0 Å². The van der Waals surface area contributed by atoms with E-state index in [1.165, 1.54) is 11.1 Å².